The van der Waals surface area contributed by atoms with E-state index in [1.807, 2.05) is 0 Å². The average Bonchev–Trinajstić information content (AvgIpc) is 2.66. The Labute approximate surface area is 180 Å². The van der Waals surface area contributed by atoms with Crippen LogP contribution in [0.2, 0.25) is 0 Å². The molecule has 0 fully saturated rings. The zero-order chi connectivity index (χ0) is 23.0. The number of anilines is 2. The van der Waals surface area contributed by atoms with Crippen LogP contribution in [0.5, 0.6) is 11.5 Å². The Morgan fingerprint density at radius 2 is 1.68 bits per heavy atom. The lowest BCUT2D eigenvalue weighted by Gasteiger charge is -2.20. The topological polar surface area (TPSA) is 129 Å². The molecule has 166 valence electrons. The van der Waals surface area contributed by atoms with Crippen molar-refractivity contribution < 1.29 is 28.6 Å². The number of carbonyl (C=O) groups is 3. The predicted octanol–water partition coefficient (Wildman–Crippen LogP) is 3.09. The summed E-state index contributed by atoms with van der Waals surface area (Å²) in [5.74, 6) is 0.0733. The molecule has 0 spiro atoms. The summed E-state index contributed by atoms with van der Waals surface area (Å²) >= 11 is 0. The van der Waals surface area contributed by atoms with E-state index < -0.39 is 23.5 Å². The minimum atomic E-state index is -0.654. The molecule has 2 aromatic rings. The van der Waals surface area contributed by atoms with Crippen molar-refractivity contribution in [2.45, 2.75) is 32.8 Å². The Balaban J connectivity index is 1.96. The molecule has 0 bridgehead atoms. The van der Waals surface area contributed by atoms with Crippen molar-refractivity contribution in [3.8, 4) is 11.5 Å². The lowest BCUT2D eigenvalue weighted by atomic mass is 10.1. The van der Waals surface area contributed by atoms with Gasteiger partial charge in [-0.05, 0) is 56.7 Å². The summed E-state index contributed by atoms with van der Waals surface area (Å²) in [4.78, 5) is 35.2. The fraction of sp³-hybridized carbons (Fsp3) is 0.318. The summed E-state index contributed by atoms with van der Waals surface area (Å²) in [6.45, 7) is 5.04. The molecule has 9 heteroatoms. The maximum atomic E-state index is 12.2. The van der Waals surface area contributed by atoms with Crippen molar-refractivity contribution in [2.24, 2.45) is 5.73 Å². The zero-order valence-corrected chi connectivity index (χ0v) is 18.0. The summed E-state index contributed by atoms with van der Waals surface area (Å²) in [7, 11) is 1.47. The van der Waals surface area contributed by atoms with Gasteiger partial charge in [0.25, 0.3) is 5.91 Å². The van der Waals surface area contributed by atoms with E-state index in [2.05, 4.69) is 10.6 Å². The number of primary amides is 1. The molecule has 0 radical (unpaired) electrons. The van der Waals surface area contributed by atoms with E-state index in [-0.39, 0.29) is 13.0 Å². The first-order chi connectivity index (χ1) is 14.6. The van der Waals surface area contributed by atoms with E-state index in [9.17, 15) is 14.4 Å². The summed E-state index contributed by atoms with van der Waals surface area (Å²) < 4.78 is 15.9. The van der Waals surface area contributed by atoms with Gasteiger partial charge in [-0.15, -0.1) is 0 Å². The smallest absolute Gasteiger partial charge is 0.412 e. The van der Waals surface area contributed by atoms with Gasteiger partial charge in [-0.2, -0.15) is 0 Å². The number of amides is 3. The molecule has 0 unspecified atom stereocenters. The number of hydrogen-bond acceptors (Lipinski definition) is 6. The summed E-state index contributed by atoms with van der Waals surface area (Å²) in [5, 5.41) is 5.30. The van der Waals surface area contributed by atoms with Gasteiger partial charge >= 0.3 is 6.09 Å². The van der Waals surface area contributed by atoms with E-state index in [4.69, 9.17) is 19.9 Å². The van der Waals surface area contributed by atoms with E-state index in [1.165, 1.54) is 7.11 Å². The second-order valence-electron chi connectivity index (χ2n) is 7.67. The number of methoxy groups -OCH3 is 1. The van der Waals surface area contributed by atoms with Crippen LogP contribution in [0.15, 0.2) is 42.5 Å². The highest BCUT2D eigenvalue weighted by Crippen LogP contribution is 2.28. The lowest BCUT2D eigenvalue weighted by molar-refractivity contribution is -0.118. The van der Waals surface area contributed by atoms with Gasteiger partial charge in [0, 0.05) is 5.69 Å². The Morgan fingerprint density at radius 1 is 1.00 bits per heavy atom. The molecule has 0 saturated carbocycles. The molecule has 0 atom stereocenters. The number of hydrogen-bond donors (Lipinski definition) is 3. The normalized spacial score (nSPS) is 10.7. The number of benzene rings is 2. The van der Waals surface area contributed by atoms with Gasteiger partial charge in [-0.1, -0.05) is 12.1 Å². The molecule has 0 aliphatic carbocycles. The van der Waals surface area contributed by atoms with Crippen LogP contribution >= 0.6 is 0 Å². The Hall–Kier alpha value is -3.75. The van der Waals surface area contributed by atoms with Gasteiger partial charge in [-0.25, -0.2) is 4.79 Å². The van der Waals surface area contributed by atoms with Crippen molar-refractivity contribution in [1.29, 1.82) is 0 Å². The van der Waals surface area contributed by atoms with Crippen LogP contribution in [0, 0.1) is 0 Å². The SMILES string of the molecule is COc1ccc(NC(=O)COc2ccc(CC(N)=O)cc2)cc1NC(=O)OC(C)(C)C. The number of rotatable bonds is 8. The summed E-state index contributed by atoms with van der Waals surface area (Å²) in [6.07, 6.45) is -0.504. The van der Waals surface area contributed by atoms with Crippen LogP contribution in [-0.2, 0) is 20.7 Å². The molecule has 0 aliphatic rings. The van der Waals surface area contributed by atoms with Crippen LogP contribution in [0.3, 0.4) is 0 Å². The first-order valence-electron chi connectivity index (χ1n) is 9.53. The molecule has 0 aromatic heterocycles. The summed E-state index contributed by atoms with van der Waals surface area (Å²) in [5.41, 5.74) is 6.05. The molecular formula is C22H27N3O6. The molecule has 0 saturated heterocycles. The maximum absolute atomic E-state index is 12.2. The number of ether oxygens (including phenoxy) is 3. The fourth-order valence-corrected chi connectivity index (χ4v) is 2.55. The third-order valence-corrected chi connectivity index (χ3v) is 3.79. The van der Waals surface area contributed by atoms with Crippen LogP contribution in [0.4, 0.5) is 16.2 Å². The van der Waals surface area contributed by atoms with Crippen molar-refractivity contribution in [3.05, 3.63) is 48.0 Å². The minimum absolute atomic E-state index is 0.137. The molecule has 3 amide bonds. The molecule has 9 nitrogen and oxygen atoms in total. The second kappa shape index (κ2) is 10.3. The van der Waals surface area contributed by atoms with Gasteiger partial charge in [0.2, 0.25) is 5.91 Å². The van der Waals surface area contributed by atoms with Crippen molar-refractivity contribution in [1.82, 2.24) is 0 Å². The van der Waals surface area contributed by atoms with Crippen LogP contribution < -0.4 is 25.8 Å². The van der Waals surface area contributed by atoms with E-state index in [0.717, 1.165) is 5.56 Å². The highest BCUT2D eigenvalue weighted by Gasteiger charge is 2.18. The van der Waals surface area contributed by atoms with Crippen molar-refractivity contribution >= 4 is 29.3 Å². The molecule has 0 heterocycles. The third kappa shape index (κ3) is 8.25. The predicted molar refractivity (Wildman–Crippen MR) is 116 cm³/mol. The van der Waals surface area contributed by atoms with Crippen LogP contribution in [0.25, 0.3) is 0 Å². The summed E-state index contributed by atoms with van der Waals surface area (Å²) in [6, 6.07) is 11.5. The van der Waals surface area contributed by atoms with Crippen LogP contribution in [-0.4, -0.2) is 37.2 Å². The van der Waals surface area contributed by atoms with Gasteiger partial charge in [0.05, 0.1) is 19.2 Å². The molecule has 2 rings (SSSR count). The standard InChI is InChI=1S/C22H27N3O6/c1-22(2,3)31-21(28)25-17-12-15(7-10-18(17)29-4)24-20(27)13-30-16-8-5-14(6-9-16)11-19(23)26/h5-10,12H,11,13H2,1-4H3,(H2,23,26)(H,24,27)(H,25,28). The van der Waals surface area contributed by atoms with E-state index in [1.54, 1.807) is 63.2 Å². The minimum Gasteiger partial charge on any atom is -0.495 e. The average molecular weight is 429 g/mol. The monoisotopic (exact) mass is 429 g/mol. The van der Waals surface area contributed by atoms with E-state index in [0.29, 0.717) is 22.9 Å². The molecule has 31 heavy (non-hydrogen) atoms. The number of nitrogens with one attached hydrogen (secondary N) is 2. The lowest BCUT2D eigenvalue weighted by Crippen LogP contribution is -2.27. The maximum Gasteiger partial charge on any atom is 0.412 e. The highest BCUT2D eigenvalue weighted by molar-refractivity contribution is 5.94. The molecule has 2 aromatic carbocycles. The Morgan fingerprint density at radius 3 is 2.26 bits per heavy atom. The first-order valence-corrected chi connectivity index (χ1v) is 9.53. The van der Waals surface area contributed by atoms with Gasteiger partial charge in [0.1, 0.15) is 17.1 Å². The largest absolute Gasteiger partial charge is 0.495 e. The van der Waals surface area contributed by atoms with Crippen molar-refractivity contribution in [2.75, 3.05) is 24.4 Å². The first kappa shape index (κ1) is 23.5. The second-order valence-corrected chi connectivity index (χ2v) is 7.67. The van der Waals surface area contributed by atoms with Crippen molar-refractivity contribution in [3.63, 3.8) is 0 Å². The van der Waals surface area contributed by atoms with Gasteiger partial charge < -0.3 is 25.3 Å². The molecule has 4 N–H and O–H groups in total. The van der Waals surface area contributed by atoms with Gasteiger partial charge in [0.15, 0.2) is 6.61 Å². The Bertz CT molecular complexity index is 935. The van der Waals surface area contributed by atoms with Gasteiger partial charge in [-0.3, -0.25) is 14.9 Å². The third-order valence-electron chi connectivity index (χ3n) is 3.79. The number of carbonyl (C=O) groups excluding carboxylic acids is 3. The fourth-order valence-electron chi connectivity index (χ4n) is 2.55. The zero-order valence-electron chi connectivity index (χ0n) is 18.0. The van der Waals surface area contributed by atoms with Crippen LogP contribution in [0.1, 0.15) is 26.3 Å². The van der Waals surface area contributed by atoms with E-state index >= 15 is 0 Å². The quantitative estimate of drug-likeness (QED) is 0.591. The molecular weight excluding hydrogens is 402 g/mol. The number of nitrogens with two attached hydrogens (primary N) is 1. The highest BCUT2D eigenvalue weighted by atomic mass is 16.6. The Kier molecular flexibility index (Phi) is 7.84. The molecule has 0 aliphatic heterocycles.